The van der Waals surface area contributed by atoms with Gasteiger partial charge in [0.15, 0.2) is 10.9 Å². The van der Waals surface area contributed by atoms with Gasteiger partial charge in [-0.2, -0.15) is 0 Å². The summed E-state index contributed by atoms with van der Waals surface area (Å²) >= 11 is 1.37. The SMILES string of the molecule is O=C(Nc1nc(CCC(=O)N2CCN(C(=O)c3ccco3)CC2)cs1)NC1CCCCC1. The van der Waals surface area contributed by atoms with Crippen LogP contribution < -0.4 is 10.6 Å². The lowest BCUT2D eigenvalue weighted by Gasteiger charge is -2.34. The molecule has 0 unspecified atom stereocenters. The number of hydrogen-bond donors (Lipinski definition) is 2. The second-order valence-electron chi connectivity index (χ2n) is 8.23. The first-order valence-electron chi connectivity index (χ1n) is 11.2. The van der Waals surface area contributed by atoms with Crippen LogP contribution in [0, 0.1) is 0 Å². The summed E-state index contributed by atoms with van der Waals surface area (Å²) in [5, 5.41) is 8.24. The van der Waals surface area contributed by atoms with Gasteiger partial charge in [-0.15, -0.1) is 11.3 Å². The maximum Gasteiger partial charge on any atom is 0.321 e. The van der Waals surface area contributed by atoms with Crippen LogP contribution in [0.3, 0.4) is 0 Å². The van der Waals surface area contributed by atoms with Crippen molar-refractivity contribution < 1.29 is 18.8 Å². The monoisotopic (exact) mass is 459 g/mol. The van der Waals surface area contributed by atoms with E-state index in [1.54, 1.807) is 21.9 Å². The van der Waals surface area contributed by atoms with Crippen LogP contribution in [0.4, 0.5) is 9.93 Å². The van der Waals surface area contributed by atoms with Crippen LogP contribution >= 0.6 is 11.3 Å². The zero-order chi connectivity index (χ0) is 22.3. The van der Waals surface area contributed by atoms with E-state index in [9.17, 15) is 14.4 Å². The smallest absolute Gasteiger partial charge is 0.321 e. The number of furan rings is 1. The Morgan fingerprint density at radius 1 is 1.09 bits per heavy atom. The van der Waals surface area contributed by atoms with Gasteiger partial charge in [0.1, 0.15) is 0 Å². The van der Waals surface area contributed by atoms with Gasteiger partial charge in [0.05, 0.1) is 12.0 Å². The van der Waals surface area contributed by atoms with E-state index in [1.165, 1.54) is 24.0 Å². The topological polar surface area (TPSA) is 108 Å². The Hall–Kier alpha value is -2.88. The van der Waals surface area contributed by atoms with Gasteiger partial charge >= 0.3 is 6.03 Å². The first-order chi connectivity index (χ1) is 15.6. The fraction of sp³-hybridized carbons (Fsp3) is 0.545. The molecule has 0 radical (unpaired) electrons. The van der Waals surface area contributed by atoms with E-state index in [-0.39, 0.29) is 23.9 Å². The van der Waals surface area contributed by atoms with Gasteiger partial charge in [-0.3, -0.25) is 14.9 Å². The summed E-state index contributed by atoms with van der Waals surface area (Å²) in [5.74, 6) is 0.231. The summed E-state index contributed by atoms with van der Waals surface area (Å²) in [6.45, 7) is 2.01. The highest BCUT2D eigenvalue weighted by Crippen LogP contribution is 2.19. The van der Waals surface area contributed by atoms with Crippen LogP contribution in [0.5, 0.6) is 0 Å². The summed E-state index contributed by atoms with van der Waals surface area (Å²) in [7, 11) is 0. The molecule has 1 saturated carbocycles. The fourth-order valence-corrected chi connectivity index (χ4v) is 4.89. The quantitative estimate of drug-likeness (QED) is 0.690. The molecule has 0 aromatic carbocycles. The minimum atomic E-state index is -0.212. The molecule has 1 aliphatic carbocycles. The molecule has 2 N–H and O–H groups in total. The van der Waals surface area contributed by atoms with Crippen LogP contribution in [-0.2, 0) is 11.2 Å². The molecule has 0 bridgehead atoms. The number of thiazole rings is 1. The number of aryl methyl sites for hydroxylation is 1. The number of rotatable bonds is 6. The number of nitrogens with one attached hydrogen (secondary N) is 2. The second-order valence-corrected chi connectivity index (χ2v) is 9.09. The number of carbonyl (C=O) groups excluding carboxylic acids is 3. The number of carbonyl (C=O) groups is 3. The number of amides is 4. The van der Waals surface area contributed by atoms with E-state index in [4.69, 9.17) is 4.42 Å². The van der Waals surface area contributed by atoms with Crippen molar-refractivity contribution >= 4 is 34.3 Å². The van der Waals surface area contributed by atoms with Crippen molar-refractivity contribution in [1.82, 2.24) is 20.1 Å². The standard InChI is InChI=1S/C22H29N5O4S/c28-19(26-10-12-27(13-11-26)20(29)18-7-4-14-31-18)9-8-17-15-32-22(24-17)25-21(30)23-16-5-2-1-3-6-16/h4,7,14-16H,1-3,5-6,8-13H2,(H2,23,24,25,30). The lowest BCUT2D eigenvalue weighted by molar-refractivity contribution is -0.132. The Balaban J connectivity index is 1.17. The van der Waals surface area contributed by atoms with Crippen LogP contribution in [-0.4, -0.2) is 64.9 Å². The third-order valence-corrected chi connectivity index (χ3v) is 6.77. The molecule has 0 spiro atoms. The van der Waals surface area contributed by atoms with Crippen molar-refractivity contribution in [3.8, 4) is 0 Å². The Kier molecular flexibility index (Phi) is 7.41. The molecular formula is C22H29N5O4S. The lowest BCUT2D eigenvalue weighted by Crippen LogP contribution is -2.50. The Labute approximate surface area is 191 Å². The molecule has 1 saturated heterocycles. The number of hydrogen-bond acceptors (Lipinski definition) is 6. The highest BCUT2D eigenvalue weighted by molar-refractivity contribution is 7.13. The van der Waals surface area contributed by atoms with Crippen LogP contribution in [0.1, 0.15) is 54.8 Å². The van der Waals surface area contributed by atoms with E-state index >= 15 is 0 Å². The second kappa shape index (κ2) is 10.6. The van der Waals surface area contributed by atoms with Crippen molar-refractivity contribution in [3.63, 3.8) is 0 Å². The number of nitrogens with zero attached hydrogens (tertiary/aromatic N) is 3. The van der Waals surface area contributed by atoms with Crippen LogP contribution in [0.25, 0.3) is 0 Å². The van der Waals surface area contributed by atoms with Gasteiger partial charge in [0, 0.05) is 44.0 Å². The maximum absolute atomic E-state index is 12.6. The zero-order valence-electron chi connectivity index (χ0n) is 18.0. The van der Waals surface area contributed by atoms with Crippen LogP contribution in [0.15, 0.2) is 28.2 Å². The summed E-state index contributed by atoms with van der Waals surface area (Å²) in [5.41, 5.74) is 0.794. The van der Waals surface area contributed by atoms with Gasteiger partial charge in [-0.1, -0.05) is 19.3 Å². The third kappa shape index (κ3) is 5.87. The Morgan fingerprint density at radius 3 is 2.56 bits per heavy atom. The molecule has 4 rings (SSSR count). The maximum atomic E-state index is 12.6. The van der Waals surface area contributed by atoms with Crippen LogP contribution in [0.2, 0.25) is 0 Å². The van der Waals surface area contributed by atoms with Gasteiger partial charge in [0.2, 0.25) is 5.91 Å². The number of aromatic nitrogens is 1. The highest BCUT2D eigenvalue weighted by Gasteiger charge is 2.26. The molecule has 2 fully saturated rings. The average Bonchev–Trinajstić information content (AvgIpc) is 3.50. The largest absolute Gasteiger partial charge is 0.459 e. The minimum absolute atomic E-state index is 0.0487. The van der Waals surface area contributed by atoms with Gasteiger partial charge in [-0.25, -0.2) is 9.78 Å². The zero-order valence-corrected chi connectivity index (χ0v) is 18.9. The third-order valence-electron chi connectivity index (χ3n) is 5.96. The van der Waals surface area contributed by atoms with Crippen molar-refractivity contribution in [3.05, 3.63) is 35.2 Å². The fourth-order valence-electron chi connectivity index (χ4n) is 4.15. The molecule has 2 aromatic heterocycles. The normalized spacial score (nSPS) is 17.2. The average molecular weight is 460 g/mol. The number of piperazine rings is 1. The van der Waals surface area contributed by atoms with Crippen molar-refractivity contribution in [1.29, 1.82) is 0 Å². The lowest BCUT2D eigenvalue weighted by atomic mass is 9.96. The predicted molar refractivity (Wildman–Crippen MR) is 121 cm³/mol. The molecule has 1 aliphatic heterocycles. The summed E-state index contributed by atoms with van der Waals surface area (Å²) in [6, 6.07) is 3.37. The Bertz CT molecular complexity index is 915. The van der Waals surface area contributed by atoms with Gasteiger partial charge < -0.3 is 19.5 Å². The molecule has 0 atom stereocenters. The molecule has 3 heterocycles. The van der Waals surface area contributed by atoms with Gasteiger partial charge in [0.25, 0.3) is 5.91 Å². The summed E-state index contributed by atoms with van der Waals surface area (Å²) in [4.78, 5) is 45.0. The van der Waals surface area contributed by atoms with E-state index in [2.05, 4.69) is 15.6 Å². The van der Waals surface area contributed by atoms with E-state index in [1.807, 2.05) is 5.38 Å². The van der Waals surface area contributed by atoms with E-state index in [0.717, 1.165) is 31.4 Å². The van der Waals surface area contributed by atoms with E-state index in [0.29, 0.717) is 49.9 Å². The highest BCUT2D eigenvalue weighted by atomic mass is 32.1. The molecule has 9 nitrogen and oxygen atoms in total. The summed E-state index contributed by atoms with van der Waals surface area (Å²) in [6.07, 6.45) is 7.98. The number of urea groups is 1. The number of anilines is 1. The van der Waals surface area contributed by atoms with Crippen molar-refractivity contribution in [2.75, 3.05) is 31.5 Å². The Morgan fingerprint density at radius 2 is 1.84 bits per heavy atom. The van der Waals surface area contributed by atoms with E-state index < -0.39 is 0 Å². The molecule has 10 heteroatoms. The first-order valence-corrected chi connectivity index (χ1v) is 12.1. The molecule has 2 aliphatic rings. The molecular weight excluding hydrogens is 430 g/mol. The molecule has 172 valence electrons. The van der Waals surface area contributed by atoms with Gasteiger partial charge in [-0.05, 0) is 31.4 Å². The van der Waals surface area contributed by atoms with Crippen molar-refractivity contribution in [2.24, 2.45) is 0 Å². The minimum Gasteiger partial charge on any atom is -0.459 e. The molecule has 2 aromatic rings. The summed E-state index contributed by atoms with van der Waals surface area (Å²) < 4.78 is 5.17. The molecule has 32 heavy (non-hydrogen) atoms. The first kappa shape index (κ1) is 22.3. The van der Waals surface area contributed by atoms with Crippen molar-refractivity contribution in [2.45, 2.75) is 51.0 Å². The molecule has 4 amide bonds. The predicted octanol–water partition coefficient (Wildman–Crippen LogP) is 3.11.